The Balaban J connectivity index is 2.21. The van der Waals surface area contributed by atoms with Crippen molar-refractivity contribution in [3.05, 3.63) is 52.6 Å². The molecule has 1 amide bonds. The van der Waals surface area contributed by atoms with Gasteiger partial charge in [0.15, 0.2) is 0 Å². The average Bonchev–Trinajstić information content (AvgIpc) is 2.74. The molecule has 1 atom stereocenters. The third kappa shape index (κ3) is 5.96. The number of nitrogens with one attached hydrogen (secondary N) is 1. The number of hydrogen-bond acceptors (Lipinski definition) is 7. The van der Waals surface area contributed by atoms with Crippen LogP contribution in [-0.2, 0) is 14.8 Å². The largest absolute Gasteiger partial charge is 0.495 e. The second-order valence-corrected chi connectivity index (χ2v) is 9.80. The minimum atomic E-state index is -3.70. The molecule has 0 bridgehead atoms. The lowest BCUT2D eigenvalue weighted by atomic mass is 10.3. The highest BCUT2D eigenvalue weighted by atomic mass is 32.2. The molecule has 0 fully saturated rings. The van der Waals surface area contributed by atoms with Crippen LogP contribution in [0.1, 0.15) is 20.8 Å². The van der Waals surface area contributed by atoms with Crippen molar-refractivity contribution in [3.8, 4) is 5.75 Å². The van der Waals surface area contributed by atoms with Gasteiger partial charge >= 0.3 is 0 Å². The van der Waals surface area contributed by atoms with E-state index in [-0.39, 0.29) is 22.2 Å². The lowest BCUT2D eigenvalue weighted by Crippen LogP contribution is -2.30. The van der Waals surface area contributed by atoms with E-state index in [1.807, 2.05) is 0 Å². The Labute approximate surface area is 186 Å². The van der Waals surface area contributed by atoms with Crippen molar-refractivity contribution in [2.45, 2.75) is 35.8 Å². The highest BCUT2D eigenvalue weighted by Crippen LogP contribution is 2.31. The van der Waals surface area contributed by atoms with Crippen LogP contribution < -0.4 is 10.1 Å². The van der Waals surface area contributed by atoms with Crippen LogP contribution in [-0.4, -0.2) is 49.0 Å². The van der Waals surface area contributed by atoms with Crippen LogP contribution in [0.3, 0.4) is 0 Å². The molecule has 0 radical (unpaired) electrons. The van der Waals surface area contributed by atoms with Crippen molar-refractivity contribution in [3.63, 3.8) is 0 Å². The summed E-state index contributed by atoms with van der Waals surface area (Å²) in [6.07, 6.45) is 0. The number of anilines is 1. The van der Waals surface area contributed by atoms with E-state index < -0.39 is 20.2 Å². The molecule has 168 valence electrons. The van der Waals surface area contributed by atoms with Crippen molar-refractivity contribution >= 4 is 39.1 Å². The van der Waals surface area contributed by atoms with Gasteiger partial charge in [-0.2, -0.15) is 4.31 Å². The Morgan fingerprint density at radius 1 is 1.19 bits per heavy atom. The van der Waals surface area contributed by atoms with E-state index in [1.54, 1.807) is 32.9 Å². The maximum Gasteiger partial charge on any atom is 0.269 e. The van der Waals surface area contributed by atoms with Gasteiger partial charge in [-0.3, -0.25) is 14.9 Å². The van der Waals surface area contributed by atoms with Crippen LogP contribution in [0, 0.1) is 10.1 Å². The van der Waals surface area contributed by atoms with Gasteiger partial charge in [-0.05, 0) is 37.3 Å². The molecule has 1 unspecified atom stereocenters. The number of sulfonamides is 1. The summed E-state index contributed by atoms with van der Waals surface area (Å²) in [6, 6.07) is 10.2. The number of nitro groups is 1. The fourth-order valence-electron chi connectivity index (χ4n) is 2.80. The van der Waals surface area contributed by atoms with E-state index in [4.69, 9.17) is 4.74 Å². The summed E-state index contributed by atoms with van der Waals surface area (Å²) in [7, 11) is -2.27. The van der Waals surface area contributed by atoms with Crippen LogP contribution in [0.25, 0.3) is 0 Å². The fourth-order valence-corrected chi connectivity index (χ4v) is 5.15. The topological polar surface area (TPSA) is 119 Å². The maximum absolute atomic E-state index is 12.8. The molecule has 0 heterocycles. The summed E-state index contributed by atoms with van der Waals surface area (Å²) in [5.74, 6) is -0.0292. The normalized spacial score (nSPS) is 12.4. The van der Waals surface area contributed by atoms with E-state index in [1.165, 1.54) is 53.5 Å². The molecule has 0 saturated carbocycles. The number of hydrogen-bond donors (Lipinski definition) is 1. The number of ether oxygens (including phenoxy) is 1. The van der Waals surface area contributed by atoms with Crippen molar-refractivity contribution in [2.75, 3.05) is 25.5 Å². The highest BCUT2D eigenvalue weighted by molar-refractivity contribution is 8.00. The SMILES string of the molecule is CCN(CC)S(=O)(=O)c1ccc(OC)c(NC(=O)C(C)Sc2ccc([N+](=O)[O-])cc2)c1. The molecule has 0 spiro atoms. The van der Waals surface area contributed by atoms with E-state index in [0.29, 0.717) is 23.7 Å². The van der Waals surface area contributed by atoms with Crippen LogP contribution in [0.15, 0.2) is 52.3 Å². The van der Waals surface area contributed by atoms with Gasteiger partial charge in [-0.25, -0.2) is 8.42 Å². The molecule has 2 rings (SSSR count). The molecular weight excluding hydrogens is 442 g/mol. The van der Waals surface area contributed by atoms with Gasteiger partial charge in [0, 0.05) is 30.1 Å². The maximum atomic E-state index is 12.8. The van der Waals surface area contributed by atoms with Gasteiger partial charge in [-0.15, -0.1) is 11.8 Å². The summed E-state index contributed by atoms with van der Waals surface area (Å²) in [5, 5.41) is 12.9. The Morgan fingerprint density at radius 3 is 2.32 bits per heavy atom. The Morgan fingerprint density at radius 2 is 1.81 bits per heavy atom. The smallest absolute Gasteiger partial charge is 0.269 e. The number of methoxy groups -OCH3 is 1. The van der Waals surface area contributed by atoms with E-state index >= 15 is 0 Å². The zero-order valence-corrected chi connectivity index (χ0v) is 19.3. The molecule has 0 aliphatic carbocycles. The molecular formula is C20H25N3O6S2. The minimum Gasteiger partial charge on any atom is -0.495 e. The molecule has 11 heteroatoms. The summed E-state index contributed by atoms with van der Waals surface area (Å²) in [4.78, 5) is 23.7. The number of benzene rings is 2. The first-order valence-electron chi connectivity index (χ1n) is 9.54. The first kappa shape index (κ1) is 24.6. The zero-order valence-electron chi connectivity index (χ0n) is 17.7. The van der Waals surface area contributed by atoms with E-state index in [0.717, 1.165) is 0 Å². The second-order valence-electron chi connectivity index (χ2n) is 6.45. The Hall–Kier alpha value is -2.63. The third-order valence-corrected chi connectivity index (χ3v) is 7.66. The van der Waals surface area contributed by atoms with Crippen molar-refractivity contribution in [1.82, 2.24) is 4.31 Å². The minimum absolute atomic E-state index is 0.0302. The molecule has 2 aromatic carbocycles. The third-order valence-electron chi connectivity index (χ3n) is 4.50. The first-order valence-corrected chi connectivity index (χ1v) is 11.9. The number of carbonyl (C=O) groups excluding carboxylic acids is 1. The van der Waals surface area contributed by atoms with Gasteiger partial charge in [-0.1, -0.05) is 13.8 Å². The predicted molar refractivity (Wildman–Crippen MR) is 120 cm³/mol. The number of non-ortho nitro benzene ring substituents is 1. The molecule has 0 aromatic heterocycles. The number of amides is 1. The van der Waals surface area contributed by atoms with E-state index in [2.05, 4.69) is 5.32 Å². The zero-order chi connectivity index (χ0) is 23.2. The summed E-state index contributed by atoms with van der Waals surface area (Å²) in [5.41, 5.74) is 0.217. The lowest BCUT2D eigenvalue weighted by molar-refractivity contribution is -0.384. The predicted octanol–water partition coefficient (Wildman–Crippen LogP) is 3.75. The van der Waals surface area contributed by atoms with Crippen molar-refractivity contribution in [1.29, 1.82) is 0 Å². The molecule has 0 saturated heterocycles. The summed E-state index contributed by atoms with van der Waals surface area (Å²) < 4.78 is 32.2. The van der Waals surface area contributed by atoms with Crippen molar-refractivity contribution in [2.24, 2.45) is 0 Å². The molecule has 0 aliphatic rings. The number of nitrogens with zero attached hydrogens (tertiary/aromatic N) is 2. The van der Waals surface area contributed by atoms with Gasteiger partial charge in [0.2, 0.25) is 15.9 Å². The fraction of sp³-hybridized carbons (Fsp3) is 0.350. The van der Waals surface area contributed by atoms with Crippen LogP contribution >= 0.6 is 11.8 Å². The van der Waals surface area contributed by atoms with Crippen molar-refractivity contribution < 1.29 is 22.9 Å². The van der Waals surface area contributed by atoms with Gasteiger partial charge < -0.3 is 10.1 Å². The van der Waals surface area contributed by atoms with E-state index in [9.17, 15) is 23.3 Å². The lowest BCUT2D eigenvalue weighted by Gasteiger charge is -2.20. The summed E-state index contributed by atoms with van der Waals surface area (Å²) in [6.45, 7) is 5.85. The van der Waals surface area contributed by atoms with Gasteiger partial charge in [0.05, 0.1) is 27.9 Å². The molecule has 0 aliphatic heterocycles. The Bertz CT molecular complexity index is 1040. The monoisotopic (exact) mass is 467 g/mol. The van der Waals surface area contributed by atoms with Gasteiger partial charge in [0.1, 0.15) is 5.75 Å². The number of nitro benzene ring substituents is 1. The molecule has 9 nitrogen and oxygen atoms in total. The second kappa shape index (κ2) is 10.6. The number of rotatable bonds is 10. The number of thioether (sulfide) groups is 1. The molecule has 1 N–H and O–H groups in total. The highest BCUT2D eigenvalue weighted by Gasteiger charge is 2.24. The molecule has 31 heavy (non-hydrogen) atoms. The Kier molecular flexibility index (Phi) is 8.43. The van der Waals surface area contributed by atoms with Gasteiger partial charge in [0.25, 0.3) is 5.69 Å². The average molecular weight is 468 g/mol. The van der Waals surface area contributed by atoms with Crippen LogP contribution in [0.5, 0.6) is 5.75 Å². The first-order chi connectivity index (χ1) is 14.6. The molecule has 2 aromatic rings. The summed E-state index contributed by atoms with van der Waals surface area (Å²) >= 11 is 1.22. The number of carbonyl (C=O) groups is 1. The van der Waals surface area contributed by atoms with Crippen LogP contribution in [0.2, 0.25) is 0 Å². The quantitative estimate of drug-likeness (QED) is 0.321. The standard InChI is InChI=1S/C20H25N3O6S2/c1-5-22(6-2)31(27,28)17-11-12-19(29-4)18(13-17)21-20(24)14(3)30-16-9-7-15(8-10-16)23(25)26/h7-14H,5-6H2,1-4H3,(H,21,24). The van der Waals surface area contributed by atoms with Crippen LogP contribution in [0.4, 0.5) is 11.4 Å².